The lowest BCUT2D eigenvalue weighted by molar-refractivity contribution is -0.138. The molecule has 1 aliphatic carbocycles. The van der Waals surface area contributed by atoms with Crippen molar-refractivity contribution in [2.45, 2.75) is 57.9 Å². The van der Waals surface area contributed by atoms with Crippen molar-refractivity contribution >= 4 is 5.91 Å². The predicted octanol–water partition coefficient (Wildman–Crippen LogP) is 3.45. The van der Waals surface area contributed by atoms with Crippen LogP contribution in [0, 0.1) is 17.3 Å². The highest BCUT2D eigenvalue weighted by molar-refractivity contribution is 5.79. The summed E-state index contributed by atoms with van der Waals surface area (Å²) in [5, 5.41) is 3.53. The standard InChI is InChI=1S/C25H37N3O/c29-24(21-6-1-2-7-21)28-17-23-9-4-3-8-22(23)14-25(19-28)11-5-13-27(18-25)16-20-10-12-26-15-20/h3-4,8-9,20-21,26H,1-2,5-7,10-19H2. The molecule has 5 rings (SSSR count). The Hall–Kier alpha value is -1.39. The third-order valence-electron chi connectivity index (χ3n) is 8.01. The van der Waals surface area contributed by atoms with Crippen molar-refractivity contribution in [2.24, 2.45) is 17.3 Å². The van der Waals surface area contributed by atoms with Gasteiger partial charge in [-0.1, -0.05) is 37.1 Å². The Labute approximate surface area is 176 Å². The molecule has 3 aliphatic heterocycles. The molecule has 0 bridgehead atoms. The third-order valence-corrected chi connectivity index (χ3v) is 8.01. The maximum absolute atomic E-state index is 13.5. The molecule has 4 heteroatoms. The van der Waals surface area contributed by atoms with E-state index in [4.69, 9.17) is 0 Å². The Morgan fingerprint density at radius 2 is 1.90 bits per heavy atom. The average molecular weight is 396 g/mol. The molecule has 29 heavy (non-hydrogen) atoms. The van der Waals surface area contributed by atoms with E-state index in [9.17, 15) is 4.79 Å². The summed E-state index contributed by atoms with van der Waals surface area (Å²) in [6.45, 7) is 7.76. The average Bonchev–Trinajstić information content (AvgIpc) is 3.40. The lowest BCUT2D eigenvalue weighted by Gasteiger charge is -2.45. The van der Waals surface area contributed by atoms with E-state index in [1.165, 1.54) is 69.4 Å². The second-order valence-electron chi connectivity index (χ2n) is 10.3. The minimum absolute atomic E-state index is 0.227. The molecule has 0 radical (unpaired) electrons. The van der Waals surface area contributed by atoms with Crippen molar-refractivity contribution in [1.82, 2.24) is 15.1 Å². The number of amides is 1. The van der Waals surface area contributed by atoms with E-state index in [0.29, 0.717) is 5.91 Å². The second kappa shape index (κ2) is 8.39. The summed E-state index contributed by atoms with van der Waals surface area (Å²) < 4.78 is 0. The molecule has 2 atom stereocenters. The van der Waals surface area contributed by atoms with Gasteiger partial charge in [0.05, 0.1) is 0 Å². The van der Waals surface area contributed by atoms with Gasteiger partial charge in [0.1, 0.15) is 0 Å². The zero-order valence-corrected chi connectivity index (χ0v) is 17.9. The highest BCUT2D eigenvalue weighted by Gasteiger charge is 2.42. The van der Waals surface area contributed by atoms with Crippen molar-refractivity contribution in [3.63, 3.8) is 0 Å². The summed E-state index contributed by atoms with van der Waals surface area (Å²) in [5.41, 5.74) is 3.09. The van der Waals surface area contributed by atoms with E-state index in [1.54, 1.807) is 0 Å². The Balaban J connectivity index is 1.39. The number of fused-ring (bicyclic) bond motifs is 1. The van der Waals surface area contributed by atoms with Crippen molar-refractivity contribution in [2.75, 3.05) is 39.3 Å². The van der Waals surface area contributed by atoms with Gasteiger partial charge in [-0.05, 0) is 75.2 Å². The molecule has 158 valence electrons. The number of nitrogens with zero attached hydrogens (tertiary/aromatic N) is 2. The molecule has 2 saturated heterocycles. The first kappa shape index (κ1) is 19.6. The SMILES string of the molecule is O=C(C1CCCC1)N1Cc2ccccc2CC2(CCCN(CC3CCNC3)C2)C1. The van der Waals surface area contributed by atoms with Crippen LogP contribution in [0.1, 0.15) is 56.1 Å². The van der Waals surface area contributed by atoms with Crippen LogP contribution in [0.25, 0.3) is 0 Å². The van der Waals surface area contributed by atoms with Crippen molar-refractivity contribution in [3.05, 3.63) is 35.4 Å². The van der Waals surface area contributed by atoms with Gasteiger partial charge in [0.2, 0.25) is 5.91 Å². The molecule has 1 spiro atoms. The minimum Gasteiger partial charge on any atom is -0.338 e. The van der Waals surface area contributed by atoms with Crippen LogP contribution in [0.3, 0.4) is 0 Å². The van der Waals surface area contributed by atoms with Crippen LogP contribution in [0.4, 0.5) is 0 Å². The first-order valence-corrected chi connectivity index (χ1v) is 12.0. The van der Waals surface area contributed by atoms with Crippen molar-refractivity contribution in [1.29, 1.82) is 0 Å². The molecule has 3 heterocycles. The molecule has 1 N–H and O–H groups in total. The van der Waals surface area contributed by atoms with Crippen LogP contribution in [0.2, 0.25) is 0 Å². The summed E-state index contributed by atoms with van der Waals surface area (Å²) in [6.07, 6.45) is 9.65. The molecular formula is C25H37N3O. The molecule has 1 aromatic rings. The maximum Gasteiger partial charge on any atom is 0.225 e. The topological polar surface area (TPSA) is 35.6 Å². The van der Waals surface area contributed by atoms with Crippen LogP contribution < -0.4 is 5.32 Å². The third kappa shape index (κ3) is 4.25. The van der Waals surface area contributed by atoms with E-state index in [1.807, 2.05) is 0 Å². The summed E-state index contributed by atoms with van der Waals surface area (Å²) in [7, 11) is 0. The number of piperidine rings is 1. The summed E-state index contributed by atoms with van der Waals surface area (Å²) in [4.78, 5) is 18.4. The lowest BCUT2D eigenvalue weighted by atomic mass is 9.74. The number of benzene rings is 1. The van der Waals surface area contributed by atoms with Crippen molar-refractivity contribution in [3.8, 4) is 0 Å². The van der Waals surface area contributed by atoms with Crippen molar-refractivity contribution < 1.29 is 4.79 Å². The molecule has 4 aliphatic rings. The van der Waals surface area contributed by atoms with E-state index in [0.717, 1.165) is 44.8 Å². The van der Waals surface area contributed by atoms with Gasteiger partial charge in [-0.25, -0.2) is 0 Å². The number of hydrogen-bond donors (Lipinski definition) is 1. The van der Waals surface area contributed by atoms with Crippen LogP contribution in [-0.4, -0.2) is 55.0 Å². The molecule has 1 aromatic carbocycles. The molecule has 4 nitrogen and oxygen atoms in total. The highest BCUT2D eigenvalue weighted by atomic mass is 16.2. The Kier molecular flexibility index (Phi) is 5.66. The van der Waals surface area contributed by atoms with Gasteiger partial charge in [0.15, 0.2) is 0 Å². The van der Waals surface area contributed by atoms with Gasteiger partial charge in [-0.15, -0.1) is 0 Å². The normalized spacial score (nSPS) is 31.2. The smallest absolute Gasteiger partial charge is 0.225 e. The molecule has 1 amide bonds. The number of carbonyl (C=O) groups is 1. The minimum atomic E-state index is 0.227. The van der Waals surface area contributed by atoms with Crippen LogP contribution in [0.15, 0.2) is 24.3 Å². The summed E-state index contributed by atoms with van der Waals surface area (Å²) in [5.74, 6) is 1.52. The Morgan fingerprint density at radius 3 is 2.69 bits per heavy atom. The van der Waals surface area contributed by atoms with E-state index in [2.05, 4.69) is 39.4 Å². The Bertz CT molecular complexity index is 723. The monoisotopic (exact) mass is 395 g/mol. The summed E-state index contributed by atoms with van der Waals surface area (Å²) >= 11 is 0. The van der Waals surface area contributed by atoms with Gasteiger partial charge in [0.25, 0.3) is 0 Å². The summed E-state index contributed by atoms with van der Waals surface area (Å²) in [6, 6.07) is 8.91. The zero-order valence-electron chi connectivity index (χ0n) is 17.9. The van der Waals surface area contributed by atoms with Gasteiger partial charge < -0.3 is 15.1 Å². The zero-order chi connectivity index (χ0) is 19.7. The fourth-order valence-corrected chi connectivity index (χ4v) is 6.57. The van der Waals surface area contributed by atoms with Crippen LogP contribution in [-0.2, 0) is 17.8 Å². The van der Waals surface area contributed by atoms with Gasteiger partial charge in [0, 0.05) is 37.5 Å². The number of carbonyl (C=O) groups excluding carboxylic acids is 1. The Morgan fingerprint density at radius 1 is 1.07 bits per heavy atom. The first-order valence-electron chi connectivity index (χ1n) is 12.0. The fourth-order valence-electron chi connectivity index (χ4n) is 6.57. The number of rotatable bonds is 3. The number of nitrogens with one attached hydrogen (secondary N) is 1. The predicted molar refractivity (Wildman–Crippen MR) is 117 cm³/mol. The largest absolute Gasteiger partial charge is 0.338 e. The molecule has 2 unspecified atom stereocenters. The van der Waals surface area contributed by atoms with Crippen LogP contribution in [0.5, 0.6) is 0 Å². The molecule has 1 saturated carbocycles. The fraction of sp³-hybridized carbons (Fsp3) is 0.720. The first-order chi connectivity index (χ1) is 14.2. The molecular weight excluding hydrogens is 358 g/mol. The van der Waals surface area contributed by atoms with Gasteiger partial charge in [-0.3, -0.25) is 4.79 Å². The van der Waals surface area contributed by atoms with Crippen LogP contribution >= 0.6 is 0 Å². The van der Waals surface area contributed by atoms with E-state index < -0.39 is 0 Å². The van der Waals surface area contributed by atoms with E-state index in [-0.39, 0.29) is 11.3 Å². The molecule has 0 aromatic heterocycles. The highest BCUT2D eigenvalue weighted by Crippen LogP contribution is 2.40. The lowest BCUT2D eigenvalue weighted by Crippen LogP contribution is -2.52. The maximum atomic E-state index is 13.5. The van der Waals surface area contributed by atoms with E-state index >= 15 is 0 Å². The molecule has 3 fully saturated rings. The van der Waals surface area contributed by atoms with Gasteiger partial charge in [-0.2, -0.15) is 0 Å². The quantitative estimate of drug-likeness (QED) is 0.851. The second-order valence-corrected chi connectivity index (χ2v) is 10.3. The number of hydrogen-bond acceptors (Lipinski definition) is 3. The number of likely N-dealkylation sites (tertiary alicyclic amines) is 1. The van der Waals surface area contributed by atoms with Gasteiger partial charge >= 0.3 is 0 Å².